The van der Waals surface area contributed by atoms with Crippen LogP contribution in [0.5, 0.6) is 0 Å². The van der Waals surface area contributed by atoms with E-state index in [4.69, 9.17) is 0 Å². The number of rotatable bonds is 3. The molecule has 106 valence electrons. The van der Waals surface area contributed by atoms with Gasteiger partial charge in [0.1, 0.15) is 4.90 Å². The summed E-state index contributed by atoms with van der Waals surface area (Å²) in [5.74, 6) is 0. The predicted molar refractivity (Wildman–Crippen MR) is 69.5 cm³/mol. The second-order valence-corrected chi connectivity index (χ2v) is 7.80. The van der Waals surface area contributed by atoms with E-state index in [9.17, 15) is 26.4 Å². The molecule has 0 aliphatic carbocycles. The minimum Gasteiger partial charge on any atom is -0.233 e. The van der Waals surface area contributed by atoms with Gasteiger partial charge in [-0.25, -0.2) is 4.79 Å². The van der Waals surface area contributed by atoms with Crippen LogP contribution in [0.4, 0.5) is 13.2 Å². The number of amides is 1. The second kappa shape index (κ2) is 5.02. The summed E-state index contributed by atoms with van der Waals surface area (Å²) in [5.41, 5.74) is -1.07. The molecule has 0 unspecified atom stereocenters. The highest BCUT2D eigenvalue weighted by atomic mass is 127. The normalized spacial score (nSPS) is 13.4. The number of carbonyl (C=O) groups is 1. The highest BCUT2D eigenvalue weighted by Gasteiger charge is 2.38. The van der Waals surface area contributed by atoms with Crippen LogP contribution in [0.2, 0.25) is 0 Å². The van der Waals surface area contributed by atoms with E-state index in [-0.39, 0.29) is 9.98 Å². The average molecular weight is 408 g/mol. The number of sulfonamides is 1. The van der Waals surface area contributed by atoms with E-state index >= 15 is 0 Å². The molecular weight excluding hydrogens is 398 g/mol. The zero-order valence-electron chi connectivity index (χ0n) is 9.90. The molecule has 1 rings (SSSR count). The van der Waals surface area contributed by atoms with Crippen LogP contribution in [0.15, 0.2) is 23.1 Å². The quantitative estimate of drug-likeness (QED) is 0.438. The van der Waals surface area contributed by atoms with Crippen LogP contribution in [0, 0.1) is 3.57 Å². The second-order valence-electron chi connectivity index (χ2n) is 4.19. The Morgan fingerprint density at radius 3 is 2.16 bits per heavy atom. The van der Waals surface area contributed by atoms with E-state index in [1.54, 1.807) is 22.6 Å². The SMILES string of the molecule is C[N+](C)(C=O)S(=O)(=O)c1cc(I)cc(C(F)(F)F)c1. The van der Waals surface area contributed by atoms with E-state index in [1.165, 1.54) is 0 Å². The molecule has 0 saturated carbocycles. The number of nitrogens with zero attached hydrogens (tertiary/aromatic N) is 1. The highest BCUT2D eigenvalue weighted by molar-refractivity contribution is 14.1. The van der Waals surface area contributed by atoms with Gasteiger partial charge >= 0.3 is 22.6 Å². The molecule has 0 fully saturated rings. The fourth-order valence-electron chi connectivity index (χ4n) is 1.20. The van der Waals surface area contributed by atoms with Crippen LogP contribution in [-0.4, -0.2) is 32.8 Å². The molecule has 0 radical (unpaired) electrons. The smallest absolute Gasteiger partial charge is 0.233 e. The van der Waals surface area contributed by atoms with Crippen molar-refractivity contribution < 1.29 is 30.3 Å². The van der Waals surface area contributed by atoms with Crippen LogP contribution in [0.3, 0.4) is 0 Å². The molecule has 0 N–H and O–H groups in total. The van der Waals surface area contributed by atoms with E-state index in [0.29, 0.717) is 6.07 Å². The third kappa shape index (κ3) is 3.26. The standard InChI is InChI=1S/C10H10F3INO3S/c1-15(2,6-16)19(17,18)9-4-7(10(11,12)13)3-8(14)5-9/h3-6H,1-2H3/q+1. The fourth-order valence-corrected chi connectivity index (χ4v) is 3.29. The molecule has 1 amide bonds. The van der Waals surface area contributed by atoms with E-state index in [1.807, 2.05) is 0 Å². The maximum Gasteiger partial charge on any atom is 0.416 e. The van der Waals surface area contributed by atoms with Gasteiger partial charge < -0.3 is 0 Å². The number of hydrogen-bond acceptors (Lipinski definition) is 3. The van der Waals surface area contributed by atoms with Crippen LogP contribution in [0.25, 0.3) is 0 Å². The maximum absolute atomic E-state index is 12.6. The fraction of sp³-hybridized carbons (Fsp3) is 0.300. The number of carbonyl (C=O) groups excluding carboxylic acids is 1. The summed E-state index contributed by atoms with van der Waals surface area (Å²) < 4.78 is 61.1. The van der Waals surface area contributed by atoms with Gasteiger partial charge in [0.05, 0.1) is 19.7 Å². The van der Waals surface area contributed by atoms with Crippen LogP contribution < -0.4 is 0 Å². The average Bonchev–Trinajstić information content (AvgIpc) is 2.26. The van der Waals surface area contributed by atoms with Crippen molar-refractivity contribution in [3.05, 3.63) is 27.3 Å². The Morgan fingerprint density at radius 1 is 1.21 bits per heavy atom. The van der Waals surface area contributed by atoms with Gasteiger partial charge in [0, 0.05) is 3.57 Å². The Morgan fingerprint density at radius 2 is 1.74 bits per heavy atom. The molecule has 1 aromatic carbocycles. The largest absolute Gasteiger partial charge is 0.416 e. The number of halogens is 4. The molecule has 0 atom stereocenters. The first-order valence-corrected chi connectivity index (χ1v) is 7.37. The van der Waals surface area contributed by atoms with Crippen molar-refractivity contribution in [2.45, 2.75) is 11.1 Å². The zero-order valence-corrected chi connectivity index (χ0v) is 12.9. The van der Waals surface area contributed by atoms with Gasteiger partial charge in [-0.05, 0) is 40.8 Å². The molecule has 0 saturated heterocycles. The summed E-state index contributed by atoms with van der Waals surface area (Å²) in [4.78, 5) is 10.2. The minimum absolute atomic E-state index is 0.122. The molecule has 4 nitrogen and oxygen atoms in total. The van der Waals surface area contributed by atoms with Crippen LogP contribution in [-0.2, 0) is 21.0 Å². The monoisotopic (exact) mass is 408 g/mol. The number of quaternary nitrogens is 1. The molecular formula is C10H10F3INO3S+. The summed E-state index contributed by atoms with van der Waals surface area (Å²) in [6, 6.07) is 2.45. The van der Waals surface area contributed by atoms with Crippen molar-refractivity contribution in [2.24, 2.45) is 0 Å². The lowest BCUT2D eigenvalue weighted by Crippen LogP contribution is -2.44. The molecule has 0 heterocycles. The summed E-state index contributed by atoms with van der Waals surface area (Å²) in [6.07, 6.45) is -4.51. The first-order chi connectivity index (χ1) is 8.41. The lowest BCUT2D eigenvalue weighted by atomic mass is 10.2. The first kappa shape index (κ1) is 16.4. The van der Waals surface area contributed by atoms with Crippen molar-refractivity contribution in [2.75, 3.05) is 14.1 Å². The maximum atomic E-state index is 12.6. The summed E-state index contributed by atoms with van der Waals surface area (Å²) in [6.45, 7) is 0. The van der Waals surface area contributed by atoms with Crippen LogP contribution >= 0.6 is 22.6 Å². The topological polar surface area (TPSA) is 51.2 Å². The molecule has 0 bridgehead atoms. The van der Waals surface area contributed by atoms with Gasteiger partial charge in [-0.1, -0.05) is 0 Å². The Bertz CT molecular complexity index is 611. The van der Waals surface area contributed by atoms with E-state index in [0.717, 1.165) is 26.2 Å². The van der Waals surface area contributed by atoms with Crippen LogP contribution in [0.1, 0.15) is 5.56 Å². The molecule has 0 spiro atoms. The lowest BCUT2D eigenvalue weighted by molar-refractivity contribution is -0.669. The molecule has 0 aliphatic heterocycles. The molecule has 0 aromatic heterocycles. The van der Waals surface area contributed by atoms with Gasteiger partial charge in [0.15, 0.2) is 0 Å². The van der Waals surface area contributed by atoms with Gasteiger partial charge in [0.25, 0.3) is 0 Å². The Kier molecular flexibility index (Phi) is 4.32. The van der Waals surface area contributed by atoms with Gasteiger partial charge in [-0.2, -0.15) is 25.5 Å². The third-order valence-electron chi connectivity index (χ3n) is 2.37. The zero-order chi connectivity index (χ0) is 15.1. The molecule has 19 heavy (non-hydrogen) atoms. The van der Waals surface area contributed by atoms with Crippen molar-refractivity contribution in [3.8, 4) is 0 Å². The van der Waals surface area contributed by atoms with Gasteiger partial charge in [-0.15, -0.1) is 0 Å². The van der Waals surface area contributed by atoms with E-state index < -0.39 is 30.5 Å². The van der Waals surface area contributed by atoms with E-state index in [2.05, 4.69) is 0 Å². The predicted octanol–water partition coefficient (Wildman–Crippen LogP) is 2.23. The lowest BCUT2D eigenvalue weighted by Gasteiger charge is -2.21. The number of hydrogen-bond donors (Lipinski definition) is 0. The Labute approximate surface area is 122 Å². The van der Waals surface area contributed by atoms with Crippen molar-refractivity contribution in [1.29, 1.82) is 0 Å². The van der Waals surface area contributed by atoms with Crippen molar-refractivity contribution in [3.63, 3.8) is 0 Å². The number of benzene rings is 1. The summed E-state index contributed by atoms with van der Waals surface area (Å²) in [7, 11) is -2.07. The summed E-state index contributed by atoms with van der Waals surface area (Å²) in [5, 5.41) is 0. The summed E-state index contributed by atoms with van der Waals surface area (Å²) >= 11 is 1.59. The number of alkyl halides is 3. The Balaban J connectivity index is 3.54. The highest BCUT2D eigenvalue weighted by Crippen LogP contribution is 2.33. The molecule has 1 aromatic rings. The minimum atomic E-state index is -4.65. The van der Waals surface area contributed by atoms with Gasteiger partial charge in [-0.3, -0.25) is 0 Å². The molecule has 9 heteroatoms. The molecule has 0 aliphatic rings. The van der Waals surface area contributed by atoms with Gasteiger partial charge in [0.2, 0.25) is 0 Å². The Hall–Kier alpha value is -0.680. The third-order valence-corrected chi connectivity index (χ3v) is 5.15. The first-order valence-electron chi connectivity index (χ1n) is 4.85. The van der Waals surface area contributed by atoms with Crippen molar-refractivity contribution >= 4 is 39.0 Å². The van der Waals surface area contributed by atoms with Crippen molar-refractivity contribution in [1.82, 2.24) is 0 Å².